The van der Waals surface area contributed by atoms with E-state index < -0.39 is 0 Å². The largest absolute Gasteiger partial charge is 0.326 e. The average Bonchev–Trinajstić information content (AvgIpc) is 3.53. The quantitative estimate of drug-likeness (QED) is 0.616. The van der Waals surface area contributed by atoms with Crippen molar-refractivity contribution in [2.45, 2.75) is 38.1 Å². The zero-order valence-corrected chi connectivity index (χ0v) is 16.7. The number of hydrogen-bond acceptors (Lipinski definition) is 3. The van der Waals surface area contributed by atoms with Gasteiger partial charge in [-0.25, -0.2) is 4.39 Å². The lowest BCUT2D eigenvalue weighted by Crippen LogP contribution is -2.44. The molecule has 1 heterocycles. The Bertz CT molecular complexity index is 914. The maximum Gasteiger partial charge on any atom is 0.233 e. The summed E-state index contributed by atoms with van der Waals surface area (Å²) in [6.07, 6.45) is 8.23. The van der Waals surface area contributed by atoms with Crippen molar-refractivity contribution in [2.24, 2.45) is 41.4 Å². The zero-order chi connectivity index (χ0) is 20.6. The predicted octanol–water partition coefficient (Wildman–Crippen LogP) is 3.38. The van der Waals surface area contributed by atoms with Crippen LogP contribution in [0.1, 0.15) is 32.1 Å². The van der Waals surface area contributed by atoms with E-state index in [0.717, 1.165) is 0 Å². The molecular weight excluding hydrogens is 383 g/mol. The highest BCUT2D eigenvalue weighted by atomic mass is 19.1. The number of carbonyl (C=O) groups is 3. The third-order valence-corrected chi connectivity index (χ3v) is 8.24. The lowest BCUT2D eigenvalue weighted by atomic mass is 9.63. The molecule has 0 aromatic heterocycles. The summed E-state index contributed by atoms with van der Waals surface area (Å²) in [5.41, 5.74) is 0.582. The molecule has 1 aromatic rings. The molecule has 1 aliphatic heterocycles. The Kier molecular flexibility index (Phi) is 3.96. The number of allylic oxidation sites excluding steroid dienone is 2. The first-order chi connectivity index (χ1) is 14.5. The molecule has 30 heavy (non-hydrogen) atoms. The van der Waals surface area contributed by atoms with E-state index in [4.69, 9.17) is 0 Å². The van der Waals surface area contributed by atoms with Gasteiger partial charge in [-0.05, 0) is 80.0 Å². The lowest BCUT2D eigenvalue weighted by molar-refractivity contribution is -0.144. The van der Waals surface area contributed by atoms with E-state index in [2.05, 4.69) is 17.5 Å². The van der Waals surface area contributed by atoms with Crippen LogP contribution in [-0.2, 0) is 14.4 Å². The summed E-state index contributed by atoms with van der Waals surface area (Å²) in [6, 6.07) is 5.66. The number of halogens is 1. The summed E-state index contributed by atoms with van der Waals surface area (Å²) in [7, 11) is 0. The van der Waals surface area contributed by atoms with Gasteiger partial charge in [0.15, 0.2) is 0 Å². The number of rotatable bonds is 3. The topological polar surface area (TPSA) is 66.5 Å². The summed E-state index contributed by atoms with van der Waals surface area (Å²) >= 11 is 0. The number of benzene rings is 1. The van der Waals surface area contributed by atoms with Crippen LogP contribution in [0.4, 0.5) is 10.1 Å². The monoisotopic (exact) mass is 408 g/mol. The Balaban J connectivity index is 1.11. The van der Waals surface area contributed by atoms with E-state index in [-0.39, 0.29) is 59.2 Å². The summed E-state index contributed by atoms with van der Waals surface area (Å²) in [5, 5.41) is 2.85. The molecule has 0 unspecified atom stereocenters. The van der Waals surface area contributed by atoms with E-state index in [1.54, 1.807) is 17.0 Å². The Hall–Kier alpha value is -2.50. The first-order valence-corrected chi connectivity index (χ1v) is 11.1. The van der Waals surface area contributed by atoms with Crippen molar-refractivity contribution in [3.8, 4) is 0 Å². The molecule has 0 radical (unpaired) electrons. The molecule has 1 aromatic carbocycles. The van der Waals surface area contributed by atoms with E-state index in [0.29, 0.717) is 43.2 Å². The van der Waals surface area contributed by atoms with Gasteiger partial charge in [-0.1, -0.05) is 12.2 Å². The van der Waals surface area contributed by atoms with Gasteiger partial charge < -0.3 is 5.32 Å². The number of anilines is 1. The minimum Gasteiger partial charge on any atom is -0.326 e. The van der Waals surface area contributed by atoms with Crippen molar-refractivity contribution in [2.75, 3.05) is 5.32 Å². The lowest BCUT2D eigenvalue weighted by Gasteiger charge is -2.37. The third kappa shape index (κ3) is 2.62. The SMILES string of the molecule is O=C(Nc1ccc(F)cc1)C1CCC(N2C(=O)[C@@H]3[C@H]4C=C[C@@H]([C@@H]5C[C@@H]45)[C@@H]3C2=O)CC1. The fourth-order valence-electron chi connectivity index (χ4n) is 6.71. The Morgan fingerprint density at radius 2 is 1.47 bits per heavy atom. The molecule has 5 nitrogen and oxygen atoms in total. The first kappa shape index (κ1) is 18.3. The van der Waals surface area contributed by atoms with Crippen LogP contribution in [0, 0.1) is 47.2 Å². The molecule has 4 fully saturated rings. The molecule has 6 atom stereocenters. The number of amides is 3. The van der Waals surface area contributed by atoms with Gasteiger partial charge in [0.25, 0.3) is 0 Å². The van der Waals surface area contributed by atoms with E-state index >= 15 is 0 Å². The maximum absolute atomic E-state index is 13.2. The summed E-state index contributed by atoms with van der Waals surface area (Å²) in [5.74, 6) is 0.965. The Labute approximate surface area is 174 Å². The van der Waals surface area contributed by atoms with Crippen LogP contribution >= 0.6 is 0 Å². The standard InChI is InChI=1S/C24H25FN2O3/c25-13-3-5-14(6-4-13)26-22(28)12-1-7-15(8-2-12)27-23(29)20-16-9-10-17(19-11-18(16)19)21(20)24(27)30/h3-6,9-10,12,15-21H,1-2,7-8,11H2,(H,26,28)/t12?,15?,16-,17-,18-,19-,20-,21+/m0/s1. The number of carbonyl (C=O) groups excluding carboxylic acids is 3. The Morgan fingerprint density at radius 3 is 2.03 bits per heavy atom. The van der Waals surface area contributed by atoms with Crippen LogP contribution in [0.3, 0.4) is 0 Å². The minimum absolute atomic E-state index is 0.0360. The molecule has 0 spiro atoms. The van der Waals surface area contributed by atoms with Crippen LogP contribution < -0.4 is 5.32 Å². The smallest absolute Gasteiger partial charge is 0.233 e. The second kappa shape index (κ2) is 6.50. The molecule has 5 aliphatic carbocycles. The minimum atomic E-state index is -0.338. The van der Waals surface area contributed by atoms with Gasteiger partial charge >= 0.3 is 0 Å². The van der Waals surface area contributed by atoms with E-state index in [9.17, 15) is 18.8 Å². The van der Waals surface area contributed by atoms with Crippen LogP contribution in [0.2, 0.25) is 0 Å². The van der Waals surface area contributed by atoms with Gasteiger partial charge in [-0.3, -0.25) is 19.3 Å². The van der Waals surface area contributed by atoms with Crippen LogP contribution in [0.15, 0.2) is 36.4 Å². The van der Waals surface area contributed by atoms with Gasteiger partial charge in [0, 0.05) is 17.6 Å². The number of hydrogen-bond donors (Lipinski definition) is 1. The zero-order valence-electron chi connectivity index (χ0n) is 16.7. The summed E-state index contributed by atoms with van der Waals surface area (Å²) in [6.45, 7) is 0. The second-order valence-electron chi connectivity index (χ2n) is 9.70. The molecule has 2 bridgehead atoms. The van der Waals surface area contributed by atoms with Gasteiger partial charge in [0.2, 0.25) is 17.7 Å². The van der Waals surface area contributed by atoms with Crippen LogP contribution in [0.25, 0.3) is 0 Å². The first-order valence-electron chi connectivity index (χ1n) is 11.1. The van der Waals surface area contributed by atoms with Crippen molar-refractivity contribution >= 4 is 23.4 Å². The predicted molar refractivity (Wildman–Crippen MR) is 107 cm³/mol. The molecule has 3 amide bonds. The molecule has 6 aliphatic rings. The van der Waals surface area contributed by atoms with Crippen LogP contribution in [-0.4, -0.2) is 28.7 Å². The van der Waals surface area contributed by atoms with Crippen molar-refractivity contribution < 1.29 is 18.8 Å². The van der Waals surface area contributed by atoms with Crippen molar-refractivity contribution in [3.63, 3.8) is 0 Å². The number of likely N-dealkylation sites (tertiary alicyclic amines) is 1. The van der Waals surface area contributed by atoms with E-state index in [1.807, 2.05) is 0 Å². The maximum atomic E-state index is 13.2. The summed E-state index contributed by atoms with van der Waals surface area (Å²) < 4.78 is 13.0. The highest BCUT2D eigenvalue weighted by molar-refractivity contribution is 6.06. The Morgan fingerprint density at radius 1 is 0.900 bits per heavy atom. The molecular formula is C24H25FN2O3. The molecule has 1 N–H and O–H groups in total. The third-order valence-electron chi connectivity index (χ3n) is 8.24. The fraction of sp³-hybridized carbons (Fsp3) is 0.542. The average molecular weight is 408 g/mol. The number of nitrogens with one attached hydrogen (secondary N) is 1. The fourth-order valence-corrected chi connectivity index (χ4v) is 6.71. The molecule has 7 rings (SSSR count). The van der Waals surface area contributed by atoms with Crippen LogP contribution in [0.5, 0.6) is 0 Å². The number of imide groups is 1. The normalized spacial score (nSPS) is 40.9. The molecule has 6 heteroatoms. The van der Waals surface area contributed by atoms with Crippen molar-refractivity contribution in [1.82, 2.24) is 4.90 Å². The second-order valence-corrected chi connectivity index (χ2v) is 9.70. The molecule has 1 saturated heterocycles. The van der Waals surface area contributed by atoms with E-state index in [1.165, 1.54) is 18.6 Å². The molecule has 156 valence electrons. The van der Waals surface area contributed by atoms with Gasteiger partial charge in [0.1, 0.15) is 5.82 Å². The summed E-state index contributed by atoms with van der Waals surface area (Å²) in [4.78, 5) is 40.7. The van der Waals surface area contributed by atoms with Gasteiger partial charge in [-0.2, -0.15) is 0 Å². The van der Waals surface area contributed by atoms with Gasteiger partial charge in [0.05, 0.1) is 11.8 Å². The highest BCUT2D eigenvalue weighted by Crippen LogP contribution is 2.65. The van der Waals surface area contributed by atoms with Crippen molar-refractivity contribution in [1.29, 1.82) is 0 Å². The highest BCUT2D eigenvalue weighted by Gasteiger charge is 2.67. The van der Waals surface area contributed by atoms with Crippen molar-refractivity contribution in [3.05, 3.63) is 42.2 Å². The van der Waals surface area contributed by atoms with Gasteiger partial charge in [-0.15, -0.1) is 0 Å². The molecule has 3 saturated carbocycles. The number of nitrogens with zero attached hydrogens (tertiary/aromatic N) is 1.